The molecule has 0 aromatic carbocycles. The summed E-state index contributed by atoms with van der Waals surface area (Å²) in [6, 6.07) is 0. The topological polar surface area (TPSA) is 72.2 Å². The van der Waals surface area contributed by atoms with E-state index in [0.717, 1.165) is 0 Å². The molecule has 0 saturated carbocycles. The van der Waals surface area contributed by atoms with E-state index in [9.17, 15) is 21.6 Å². The van der Waals surface area contributed by atoms with Gasteiger partial charge in [-0.2, -0.15) is 13.2 Å². The Morgan fingerprint density at radius 3 is 1.95 bits per heavy atom. The van der Waals surface area contributed by atoms with Gasteiger partial charge in [0, 0.05) is 18.5 Å². The number of nitrogens with two attached hydrogens (primary N) is 1. The number of alkyl halides is 3. The van der Waals surface area contributed by atoms with Crippen molar-refractivity contribution in [1.82, 2.24) is 4.72 Å². The van der Waals surface area contributed by atoms with E-state index >= 15 is 0 Å². The molecule has 0 radical (unpaired) electrons. The molecule has 0 aromatic rings. The zero-order valence-corrected chi connectivity index (χ0v) is 12.7. The van der Waals surface area contributed by atoms with E-state index in [0.29, 0.717) is 12.8 Å². The van der Waals surface area contributed by atoms with E-state index in [1.54, 1.807) is 13.8 Å². The van der Waals surface area contributed by atoms with Crippen molar-refractivity contribution in [1.29, 1.82) is 0 Å². The third-order valence-corrected chi connectivity index (χ3v) is 4.56. The standard InChI is InChI=1S/C10H21F3N2O2S.ClH/c1-3-9(4-2,8-14)15-18(16,17)7-5-6-10(11,12)13;/h15H,3-8,14H2,1-2H3;1H. The highest BCUT2D eigenvalue weighted by molar-refractivity contribution is 7.89. The van der Waals surface area contributed by atoms with Crippen molar-refractivity contribution < 1.29 is 21.6 Å². The fourth-order valence-electron chi connectivity index (χ4n) is 1.57. The maximum Gasteiger partial charge on any atom is 0.389 e. The van der Waals surface area contributed by atoms with Gasteiger partial charge in [0.05, 0.1) is 5.75 Å². The monoisotopic (exact) mass is 326 g/mol. The Labute approximate surface area is 118 Å². The summed E-state index contributed by atoms with van der Waals surface area (Å²) >= 11 is 0. The zero-order valence-electron chi connectivity index (χ0n) is 11.1. The van der Waals surface area contributed by atoms with Gasteiger partial charge in [0.1, 0.15) is 0 Å². The van der Waals surface area contributed by atoms with Gasteiger partial charge in [-0.05, 0) is 19.3 Å². The van der Waals surface area contributed by atoms with Crippen LogP contribution in [0.4, 0.5) is 13.2 Å². The third-order valence-electron chi connectivity index (χ3n) is 2.99. The number of hydrogen-bond acceptors (Lipinski definition) is 3. The Balaban J connectivity index is 0. The highest BCUT2D eigenvalue weighted by atomic mass is 35.5. The summed E-state index contributed by atoms with van der Waals surface area (Å²) in [5.74, 6) is -0.533. The average Bonchev–Trinajstić information content (AvgIpc) is 2.24. The van der Waals surface area contributed by atoms with Crippen LogP contribution < -0.4 is 10.5 Å². The van der Waals surface area contributed by atoms with Crippen LogP contribution in [0, 0.1) is 0 Å². The Morgan fingerprint density at radius 1 is 1.16 bits per heavy atom. The smallest absolute Gasteiger partial charge is 0.329 e. The van der Waals surface area contributed by atoms with E-state index in [2.05, 4.69) is 4.72 Å². The predicted molar refractivity (Wildman–Crippen MR) is 71.8 cm³/mol. The van der Waals surface area contributed by atoms with Crippen LogP contribution >= 0.6 is 12.4 Å². The molecule has 9 heteroatoms. The van der Waals surface area contributed by atoms with Gasteiger partial charge in [0.25, 0.3) is 0 Å². The lowest BCUT2D eigenvalue weighted by Crippen LogP contribution is -2.53. The largest absolute Gasteiger partial charge is 0.389 e. The zero-order chi connectivity index (χ0) is 14.4. The lowest BCUT2D eigenvalue weighted by molar-refractivity contribution is -0.134. The molecule has 0 rings (SSSR count). The summed E-state index contributed by atoms with van der Waals surface area (Å²) in [5.41, 5.74) is 4.77. The van der Waals surface area contributed by atoms with Gasteiger partial charge in [-0.1, -0.05) is 13.8 Å². The van der Waals surface area contributed by atoms with Crippen LogP contribution in [0.15, 0.2) is 0 Å². The van der Waals surface area contributed by atoms with Crippen molar-refractivity contribution in [3.05, 3.63) is 0 Å². The lowest BCUT2D eigenvalue weighted by Gasteiger charge is -2.31. The normalized spacial score (nSPS) is 13.2. The molecule has 4 nitrogen and oxygen atoms in total. The van der Waals surface area contributed by atoms with Gasteiger partial charge in [0.2, 0.25) is 10.0 Å². The van der Waals surface area contributed by atoms with Crippen molar-refractivity contribution >= 4 is 22.4 Å². The summed E-state index contributed by atoms with van der Waals surface area (Å²) in [4.78, 5) is 0. The molecule has 3 N–H and O–H groups in total. The molecular formula is C10H22ClF3N2O2S. The van der Waals surface area contributed by atoms with Crippen molar-refractivity contribution in [2.45, 2.75) is 51.2 Å². The Kier molecular flexibility index (Phi) is 9.27. The van der Waals surface area contributed by atoms with Crippen LogP contribution in [-0.2, 0) is 10.0 Å². The number of hydrogen-bond donors (Lipinski definition) is 2. The molecule has 0 fully saturated rings. The van der Waals surface area contributed by atoms with E-state index in [4.69, 9.17) is 5.73 Å². The van der Waals surface area contributed by atoms with Crippen LogP contribution in [-0.4, -0.2) is 32.4 Å². The first-order chi connectivity index (χ1) is 8.10. The minimum Gasteiger partial charge on any atom is -0.329 e. The van der Waals surface area contributed by atoms with Gasteiger partial charge in [-0.25, -0.2) is 13.1 Å². The molecule has 0 saturated heterocycles. The number of rotatable bonds is 8. The third kappa shape index (κ3) is 8.67. The highest BCUT2D eigenvalue weighted by Gasteiger charge is 2.31. The number of nitrogens with one attached hydrogen (secondary N) is 1. The Morgan fingerprint density at radius 2 is 1.63 bits per heavy atom. The van der Waals surface area contributed by atoms with Crippen molar-refractivity contribution in [3.8, 4) is 0 Å². The molecule has 0 aromatic heterocycles. The Bertz CT molecular complexity index is 335. The van der Waals surface area contributed by atoms with Crippen LogP contribution in [0.5, 0.6) is 0 Å². The van der Waals surface area contributed by atoms with E-state index < -0.39 is 40.3 Å². The van der Waals surface area contributed by atoms with Crippen molar-refractivity contribution in [2.75, 3.05) is 12.3 Å². The predicted octanol–water partition coefficient (Wildman–Crippen LogP) is 2.19. The molecule has 0 aliphatic carbocycles. The van der Waals surface area contributed by atoms with Gasteiger partial charge < -0.3 is 5.73 Å². The fourth-order valence-corrected chi connectivity index (χ4v) is 3.23. The minimum absolute atomic E-state index is 0. The molecule has 0 aliphatic heterocycles. The molecule has 0 aliphatic rings. The first-order valence-electron chi connectivity index (χ1n) is 5.88. The molecule has 0 spiro atoms. The van der Waals surface area contributed by atoms with Crippen LogP contribution in [0.3, 0.4) is 0 Å². The SMILES string of the molecule is CCC(CC)(CN)NS(=O)(=O)CCCC(F)(F)F.Cl. The van der Waals surface area contributed by atoms with Gasteiger partial charge >= 0.3 is 6.18 Å². The molecule has 118 valence electrons. The van der Waals surface area contributed by atoms with Crippen LogP contribution in [0.2, 0.25) is 0 Å². The van der Waals surface area contributed by atoms with Gasteiger partial charge in [-0.15, -0.1) is 12.4 Å². The second kappa shape index (κ2) is 8.28. The molecule has 19 heavy (non-hydrogen) atoms. The first kappa shape index (κ1) is 21.3. The highest BCUT2D eigenvalue weighted by Crippen LogP contribution is 2.22. The number of sulfonamides is 1. The fraction of sp³-hybridized carbons (Fsp3) is 1.00. The molecule has 0 atom stereocenters. The van der Waals surface area contributed by atoms with Crippen molar-refractivity contribution in [2.24, 2.45) is 5.73 Å². The average molecular weight is 327 g/mol. The van der Waals surface area contributed by atoms with E-state index in [1.165, 1.54) is 0 Å². The van der Waals surface area contributed by atoms with Crippen molar-refractivity contribution in [3.63, 3.8) is 0 Å². The summed E-state index contributed by atoms with van der Waals surface area (Å²) in [6.45, 7) is 3.70. The second-order valence-electron chi connectivity index (χ2n) is 4.33. The van der Waals surface area contributed by atoms with E-state index in [1.807, 2.05) is 0 Å². The molecule has 0 heterocycles. The summed E-state index contributed by atoms with van der Waals surface area (Å²) in [5, 5.41) is 0. The van der Waals surface area contributed by atoms with Gasteiger partial charge in [0.15, 0.2) is 0 Å². The second-order valence-corrected chi connectivity index (χ2v) is 6.17. The summed E-state index contributed by atoms with van der Waals surface area (Å²) in [6.07, 6.45) is -4.86. The Hall–Kier alpha value is -0.0500. The van der Waals surface area contributed by atoms with Gasteiger partial charge in [-0.3, -0.25) is 0 Å². The quantitative estimate of drug-likeness (QED) is 0.718. The minimum atomic E-state index is -4.32. The lowest BCUT2D eigenvalue weighted by atomic mass is 9.95. The van der Waals surface area contributed by atoms with Crippen LogP contribution in [0.25, 0.3) is 0 Å². The molecule has 0 unspecified atom stereocenters. The van der Waals surface area contributed by atoms with Crippen LogP contribution in [0.1, 0.15) is 39.5 Å². The molecule has 0 amide bonds. The molecule has 0 bridgehead atoms. The maximum atomic E-state index is 11.9. The molecular weight excluding hydrogens is 305 g/mol. The summed E-state index contributed by atoms with van der Waals surface area (Å²) < 4.78 is 61.6. The van der Waals surface area contributed by atoms with E-state index in [-0.39, 0.29) is 19.0 Å². The summed E-state index contributed by atoms with van der Waals surface area (Å²) in [7, 11) is -3.73. The maximum absolute atomic E-state index is 11.9. The first-order valence-corrected chi connectivity index (χ1v) is 7.53. The number of halogens is 4.